The molecule has 1 aliphatic heterocycles. The molecule has 0 N–H and O–H groups in total. The number of amides is 2. The molecular weight excluding hydrogens is 404 g/mol. The standard InChI is InChI=1S/C26H24N2O4/c1-27(2)26(30)24-13-19-12-17(9-10-22(19)32-24)18-6-5-11-28(15-18)25(29)14-20-16-31-23-8-4-3-7-21(20)23/h3-4,6-10,12-13,16H,5,11,14-15H2,1-2H3. The van der Waals surface area contributed by atoms with E-state index in [2.05, 4.69) is 6.08 Å². The second-order valence-corrected chi connectivity index (χ2v) is 8.33. The van der Waals surface area contributed by atoms with Crippen LogP contribution in [0.4, 0.5) is 0 Å². The third-order valence-electron chi connectivity index (χ3n) is 5.91. The summed E-state index contributed by atoms with van der Waals surface area (Å²) in [7, 11) is 3.40. The van der Waals surface area contributed by atoms with Crippen molar-refractivity contribution in [1.29, 1.82) is 0 Å². The zero-order valence-corrected chi connectivity index (χ0v) is 18.1. The number of carbonyl (C=O) groups excluding carboxylic acids is 2. The van der Waals surface area contributed by atoms with E-state index in [1.54, 1.807) is 26.4 Å². The Morgan fingerprint density at radius 2 is 1.91 bits per heavy atom. The average Bonchev–Trinajstić information content (AvgIpc) is 3.42. The first-order valence-electron chi connectivity index (χ1n) is 10.7. The normalized spacial score (nSPS) is 14.1. The predicted octanol–water partition coefficient (Wildman–Crippen LogP) is 4.74. The molecule has 3 heterocycles. The van der Waals surface area contributed by atoms with Gasteiger partial charge in [0.2, 0.25) is 5.91 Å². The lowest BCUT2D eigenvalue weighted by Gasteiger charge is -2.27. The second kappa shape index (κ2) is 8.04. The minimum atomic E-state index is -0.164. The predicted molar refractivity (Wildman–Crippen MR) is 123 cm³/mol. The summed E-state index contributed by atoms with van der Waals surface area (Å²) in [5, 5.41) is 1.86. The molecule has 0 fully saturated rings. The van der Waals surface area contributed by atoms with Gasteiger partial charge in [-0.1, -0.05) is 30.3 Å². The fourth-order valence-corrected chi connectivity index (χ4v) is 4.18. The number of carbonyl (C=O) groups is 2. The van der Waals surface area contributed by atoms with Gasteiger partial charge in [-0.25, -0.2) is 0 Å². The number of hydrogen-bond acceptors (Lipinski definition) is 4. The Bertz CT molecular complexity index is 1360. The minimum Gasteiger partial charge on any atom is -0.464 e. The quantitative estimate of drug-likeness (QED) is 0.471. The van der Waals surface area contributed by atoms with Gasteiger partial charge < -0.3 is 18.6 Å². The molecule has 6 heteroatoms. The summed E-state index contributed by atoms with van der Waals surface area (Å²) in [6.45, 7) is 1.26. The van der Waals surface area contributed by atoms with Crippen molar-refractivity contribution in [2.45, 2.75) is 12.8 Å². The Morgan fingerprint density at radius 1 is 1.06 bits per heavy atom. The van der Waals surface area contributed by atoms with E-state index in [0.717, 1.165) is 39.5 Å². The second-order valence-electron chi connectivity index (χ2n) is 8.33. The summed E-state index contributed by atoms with van der Waals surface area (Å²) in [5.41, 5.74) is 4.53. The Labute approximate surface area is 185 Å². The fraction of sp³-hybridized carbons (Fsp3) is 0.231. The highest BCUT2D eigenvalue weighted by Gasteiger charge is 2.21. The maximum absolute atomic E-state index is 13.0. The van der Waals surface area contributed by atoms with Gasteiger partial charge in [0.15, 0.2) is 5.76 Å². The van der Waals surface area contributed by atoms with E-state index in [1.165, 1.54) is 4.90 Å². The van der Waals surface area contributed by atoms with Gasteiger partial charge >= 0.3 is 0 Å². The summed E-state index contributed by atoms with van der Waals surface area (Å²) in [5.74, 6) is 0.248. The summed E-state index contributed by atoms with van der Waals surface area (Å²) in [4.78, 5) is 28.6. The van der Waals surface area contributed by atoms with Crippen molar-refractivity contribution in [2.75, 3.05) is 27.2 Å². The van der Waals surface area contributed by atoms with E-state index in [0.29, 0.717) is 30.9 Å². The van der Waals surface area contributed by atoms with Crippen molar-refractivity contribution in [1.82, 2.24) is 9.80 Å². The molecule has 0 saturated heterocycles. The lowest BCUT2D eigenvalue weighted by molar-refractivity contribution is -0.129. The smallest absolute Gasteiger partial charge is 0.289 e. The molecular formula is C26H24N2O4. The first kappa shape index (κ1) is 20.1. The van der Waals surface area contributed by atoms with Crippen molar-refractivity contribution in [3.8, 4) is 0 Å². The van der Waals surface area contributed by atoms with Crippen LogP contribution in [0.1, 0.15) is 28.1 Å². The number of para-hydroxylation sites is 1. The zero-order chi connectivity index (χ0) is 22.2. The number of nitrogens with zero attached hydrogens (tertiary/aromatic N) is 2. The van der Waals surface area contributed by atoms with E-state index in [9.17, 15) is 9.59 Å². The maximum atomic E-state index is 13.0. The monoisotopic (exact) mass is 428 g/mol. The van der Waals surface area contributed by atoms with Crippen LogP contribution in [0.15, 0.2) is 69.7 Å². The molecule has 0 spiro atoms. The Kier molecular flexibility index (Phi) is 5.05. The van der Waals surface area contributed by atoms with E-state index >= 15 is 0 Å². The Balaban J connectivity index is 1.34. The lowest BCUT2D eigenvalue weighted by Crippen LogP contribution is -2.36. The Hall–Kier alpha value is -3.80. The number of fused-ring (bicyclic) bond motifs is 2. The first-order chi connectivity index (χ1) is 15.5. The zero-order valence-electron chi connectivity index (χ0n) is 18.1. The van der Waals surface area contributed by atoms with E-state index < -0.39 is 0 Å². The van der Waals surface area contributed by atoms with E-state index in [4.69, 9.17) is 8.83 Å². The summed E-state index contributed by atoms with van der Waals surface area (Å²) in [6.07, 6.45) is 4.99. The van der Waals surface area contributed by atoms with Crippen LogP contribution in [-0.4, -0.2) is 48.8 Å². The molecule has 1 aliphatic rings. The van der Waals surface area contributed by atoms with Crippen molar-refractivity contribution >= 4 is 39.3 Å². The topological polar surface area (TPSA) is 66.9 Å². The molecule has 2 aromatic carbocycles. The van der Waals surface area contributed by atoms with Gasteiger partial charge in [-0.05, 0) is 41.8 Å². The van der Waals surface area contributed by atoms with Gasteiger partial charge in [0, 0.05) is 43.5 Å². The van der Waals surface area contributed by atoms with Gasteiger partial charge in [0.1, 0.15) is 11.2 Å². The maximum Gasteiger partial charge on any atom is 0.289 e. The van der Waals surface area contributed by atoms with Crippen molar-refractivity contribution in [3.63, 3.8) is 0 Å². The van der Waals surface area contributed by atoms with Crippen LogP contribution in [0.25, 0.3) is 27.5 Å². The fourth-order valence-electron chi connectivity index (χ4n) is 4.18. The molecule has 32 heavy (non-hydrogen) atoms. The molecule has 0 radical (unpaired) electrons. The molecule has 0 unspecified atom stereocenters. The molecule has 162 valence electrons. The lowest BCUT2D eigenvalue weighted by atomic mass is 9.99. The van der Waals surface area contributed by atoms with Crippen LogP contribution in [0.5, 0.6) is 0 Å². The number of hydrogen-bond donors (Lipinski definition) is 0. The van der Waals surface area contributed by atoms with Gasteiger partial charge in [-0.3, -0.25) is 9.59 Å². The highest BCUT2D eigenvalue weighted by Crippen LogP contribution is 2.28. The van der Waals surface area contributed by atoms with Crippen LogP contribution in [0.2, 0.25) is 0 Å². The minimum absolute atomic E-state index is 0.0883. The summed E-state index contributed by atoms with van der Waals surface area (Å²) >= 11 is 0. The largest absolute Gasteiger partial charge is 0.464 e. The molecule has 0 atom stereocenters. The molecule has 4 aromatic rings. The number of rotatable bonds is 4. The summed E-state index contributed by atoms with van der Waals surface area (Å²) in [6, 6.07) is 15.4. The third-order valence-corrected chi connectivity index (χ3v) is 5.91. The molecule has 2 aromatic heterocycles. The average molecular weight is 428 g/mol. The number of furan rings is 2. The van der Waals surface area contributed by atoms with Crippen molar-refractivity contribution in [3.05, 3.63) is 77.8 Å². The van der Waals surface area contributed by atoms with Gasteiger partial charge in [0.25, 0.3) is 5.91 Å². The van der Waals surface area contributed by atoms with Crippen LogP contribution < -0.4 is 0 Å². The van der Waals surface area contributed by atoms with Gasteiger partial charge in [0.05, 0.1) is 12.7 Å². The van der Waals surface area contributed by atoms with Crippen molar-refractivity contribution in [2.24, 2.45) is 0 Å². The van der Waals surface area contributed by atoms with E-state index in [1.807, 2.05) is 47.4 Å². The molecule has 0 bridgehead atoms. The number of benzene rings is 2. The van der Waals surface area contributed by atoms with Crippen LogP contribution in [-0.2, 0) is 11.2 Å². The molecule has 2 amide bonds. The van der Waals surface area contributed by atoms with Gasteiger partial charge in [-0.2, -0.15) is 0 Å². The highest BCUT2D eigenvalue weighted by molar-refractivity contribution is 5.96. The molecule has 5 rings (SSSR count). The van der Waals surface area contributed by atoms with Gasteiger partial charge in [-0.15, -0.1) is 0 Å². The van der Waals surface area contributed by atoms with Crippen LogP contribution in [0.3, 0.4) is 0 Å². The molecule has 0 saturated carbocycles. The van der Waals surface area contributed by atoms with Crippen LogP contribution in [0, 0.1) is 0 Å². The first-order valence-corrected chi connectivity index (χ1v) is 10.7. The van der Waals surface area contributed by atoms with E-state index in [-0.39, 0.29) is 11.8 Å². The Morgan fingerprint density at radius 3 is 2.75 bits per heavy atom. The van der Waals surface area contributed by atoms with Crippen LogP contribution >= 0.6 is 0 Å². The SMILES string of the molecule is CN(C)C(=O)c1cc2cc(C3=CCCN(C(=O)Cc4coc5ccccc45)C3)ccc2o1. The molecule has 0 aliphatic carbocycles. The third kappa shape index (κ3) is 3.68. The molecule has 6 nitrogen and oxygen atoms in total. The van der Waals surface area contributed by atoms with Crippen molar-refractivity contribution < 1.29 is 18.4 Å². The highest BCUT2D eigenvalue weighted by atomic mass is 16.3. The summed E-state index contributed by atoms with van der Waals surface area (Å²) < 4.78 is 11.3.